The second-order valence-electron chi connectivity index (χ2n) is 8.28. The molecule has 0 spiro atoms. The number of nitrogens with zero attached hydrogens (tertiary/aromatic N) is 5. The molecule has 28 heavy (non-hydrogen) atoms. The number of hydrogen-bond donors (Lipinski definition) is 0. The fourth-order valence-corrected chi connectivity index (χ4v) is 4.61. The summed E-state index contributed by atoms with van der Waals surface area (Å²) in [6.07, 6.45) is 4.04. The third-order valence-electron chi connectivity index (χ3n) is 5.65. The summed E-state index contributed by atoms with van der Waals surface area (Å²) in [5, 5.41) is 9.07. The molecule has 0 fully saturated rings. The number of aryl methyl sites for hydroxylation is 3. The predicted octanol–water partition coefficient (Wildman–Crippen LogP) is 5.16. The first-order valence-corrected chi connectivity index (χ1v) is 10.7. The summed E-state index contributed by atoms with van der Waals surface area (Å²) in [7, 11) is 0. The first-order valence-electron chi connectivity index (χ1n) is 9.92. The second-order valence-corrected chi connectivity index (χ2v) is 9.03. The van der Waals surface area contributed by atoms with Crippen molar-refractivity contribution in [2.45, 2.75) is 66.8 Å². The van der Waals surface area contributed by atoms with Crippen molar-refractivity contribution in [2.75, 3.05) is 0 Å². The maximum atomic E-state index is 5.66. The maximum Gasteiger partial charge on any atom is 0.279 e. The van der Waals surface area contributed by atoms with Crippen molar-refractivity contribution in [3.63, 3.8) is 0 Å². The van der Waals surface area contributed by atoms with E-state index in [2.05, 4.69) is 64.5 Å². The maximum absolute atomic E-state index is 5.66. The van der Waals surface area contributed by atoms with Crippen molar-refractivity contribution in [1.82, 2.24) is 24.9 Å². The van der Waals surface area contributed by atoms with Gasteiger partial charge in [-0.2, -0.15) is 10.1 Å². The summed E-state index contributed by atoms with van der Waals surface area (Å²) < 4.78 is 8.63. The van der Waals surface area contributed by atoms with E-state index in [0.29, 0.717) is 17.1 Å². The van der Waals surface area contributed by atoms with Gasteiger partial charge in [0.25, 0.3) is 5.89 Å². The molecule has 0 saturated heterocycles. The van der Waals surface area contributed by atoms with E-state index in [9.17, 15) is 0 Å². The molecule has 3 aromatic rings. The largest absolute Gasteiger partial charge is 0.332 e. The third-order valence-corrected chi connectivity index (χ3v) is 6.34. The predicted molar refractivity (Wildman–Crippen MR) is 112 cm³/mol. The highest BCUT2D eigenvalue weighted by molar-refractivity contribution is 9.10. The summed E-state index contributed by atoms with van der Waals surface area (Å²) in [5.41, 5.74) is 6.61. The lowest BCUT2D eigenvalue weighted by Gasteiger charge is -2.30. The minimum Gasteiger partial charge on any atom is -0.332 e. The Kier molecular flexibility index (Phi) is 4.89. The molecule has 1 aliphatic rings. The van der Waals surface area contributed by atoms with Crippen LogP contribution in [-0.4, -0.2) is 24.9 Å². The van der Waals surface area contributed by atoms with E-state index in [4.69, 9.17) is 14.6 Å². The van der Waals surface area contributed by atoms with Crippen LogP contribution < -0.4 is 0 Å². The Morgan fingerprint density at radius 3 is 2.75 bits per heavy atom. The van der Waals surface area contributed by atoms with E-state index in [1.54, 1.807) is 0 Å². The van der Waals surface area contributed by atoms with Crippen molar-refractivity contribution < 1.29 is 4.52 Å². The third kappa shape index (κ3) is 3.30. The smallest absolute Gasteiger partial charge is 0.279 e. The fourth-order valence-electron chi connectivity index (χ4n) is 3.95. The van der Waals surface area contributed by atoms with Gasteiger partial charge in [0.05, 0.1) is 0 Å². The average molecular weight is 444 g/mol. The van der Waals surface area contributed by atoms with Crippen molar-refractivity contribution in [1.29, 1.82) is 0 Å². The molecule has 0 amide bonds. The number of aromatic nitrogens is 5. The van der Waals surface area contributed by atoms with Crippen LogP contribution in [0.5, 0.6) is 0 Å². The highest BCUT2D eigenvalue weighted by atomic mass is 79.9. The molecule has 1 aliphatic carbocycles. The van der Waals surface area contributed by atoms with Crippen LogP contribution in [0.3, 0.4) is 0 Å². The van der Waals surface area contributed by atoms with Crippen LogP contribution in [0, 0.1) is 12.3 Å². The highest BCUT2D eigenvalue weighted by Gasteiger charge is 2.32. The molecule has 6 nitrogen and oxygen atoms in total. The fraction of sp³-hybridized carbons (Fsp3) is 0.524. The Morgan fingerprint density at radius 2 is 2.04 bits per heavy atom. The second kappa shape index (κ2) is 7.10. The topological polar surface area (TPSA) is 69.6 Å². The molecule has 0 radical (unpaired) electrons. The SMILES string of the molecule is CCc1cc(-c2noc(-c3nn(CC)c4c3CCC(C)(C)C4)n2)c(C)nc1Br. The number of fused-ring (bicyclic) bond motifs is 1. The average Bonchev–Trinajstić information content (AvgIpc) is 3.25. The summed E-state index contributed by atoms with van der Waals surface area (Å²) in [5.74, 6) is 1.07. The van der Waals surface area contributed by atoms with Gasteiger partial charge in [-0.1, -0.05) is 25.9 Å². The van der Waals surface area contributed by atoms with E-state index < -0.39 is 0 Å². The molecule has 3 heterocycles. The minimum absolute atomic E-state index is 0.300. The van der Waals surface area contributed by atoms with Gasteiger partial charge in [-0.05, 0) is 72.5 Å². The van der Waals surface area contributed by atoms with Gasteiger partial charge >= 0.3 is 0 Å². The summed E-state index contributed by atoms with van der Waals surface area (Å²) in [4.78, 5) is 9.28. The van der Waals surface area contributed by atoms with Gasteiger partial charge in [-0.15, -0.1) is 0 Å². The van der Waals surface area contributed by atoms with Crippen LogP contribution in [0.2, 0.25) is 0 Å². The van der Waals surface area contributed by atoms with Crippen LogP contribution in [0.15, 0.2) is 15.2 Å². The number of pyridine rings is 1. The number of halogens is 1. The van der Waals surface area contributed by atoms with E-state index in [-0.39, 0.29) is 0 Å². The van der Waals surface area contributed by atoms with Crippen molar-refractivity contribution in [2.24, 2.45) is 5.41 Å². The van der Waals surface area contributed by atoms with Crippen LogP contribution in [0.4, 0.5) is 0 Å². The van der Waals surface area contributed by atoms with Crippen molar-refractivity contribution in [3.05, 3.63) is 33.2 Å². The highest BCUT2D eigenvalue weighted by Crippen LogP contribution is 2.39. The number of rotatable bonds is 4. The lowest BCUT2D eigenvalue weighted by molar-refractivity contribution is 0.304. The standard InChI is InChI=1S/C21H26BrN5O/c1-6-13-10-15(12(3)23-18(13)22)19-24-20(28-26-19)17-14-8-9-21(4,5)11-16(14)27(7-2)25-17/h10H,6-9,11H2,1-5H3. The molecular formula is C21H26BrN5O. The molecule has 4 rings (SSSR count). The van der Waals surface area contributed by atoms with Gasteiger partial charge in [0, 0.05) is 29.1 Å². The van der Waals surface area contributed by atoms with Crippen LogP contribution in [0.1, 0.15) is 56.6 Å². The number of hydrogen-bond acceptors (Lipinski definition) is 5. The van der Waals surface area contributed by atoms with E-state index in [1.165, 1.54) is 11.3 Å². The first-order chi connectivity index (χ1) is 13.3. The zero-order valence-corrected chi connectivity index (χ0v) is 18.7. The Morgan fingerprint density at radius 1 is 1.25 bits per heavy atom. The molecule has 0 saturated carbocycles. The van der Waals surface area contributed by atoms with E-state index in [1.807, 2.05) is 6.92 Å². The molecule has 148 valence electrons. The summed E-state index contributed by atoms with van der Waals surface area (Å²) >= 11 is 3.53. The van der Waals surface area contributed by atoms with Crippen LogP contribution >= 0.6 is 15.9 Å². The van der Waals surface area contributed by atoms with Crippen molar-refractivity contribution >= 4 is 15.9 Å². The molecule has 0 aromatic carbocycles. The normalized spacial score (nSPS) is 15.6. The molecule has 0 aliphatic heterocycles. The molecule has 0 unspecified atom stereocenters. The zero-order chi connectivity index (χ0) is 20.1. The molecular weight excluding hydrogens is 418 g/mol. The monoisotopic (exact) mass is 443 g/mol. The zero-order valence-electron chi connectivity index (χ0n) is 17.1. The van der Waals surface area contributed by atoms with Gasteiger partial charge in [0.15, 0.2) is 5.69 Å². The van der Waals surface area contributed by atoms with E-state index >= 15 is 0 Å². The Balaban J connectivity index is 1.76. The van der Waals surface area contributed by atoms with Crippen molar-refractivity contribution in [3.8, 4) is 23.0 Å². The molecule has 0 atom stereocenters. The lowest BCUT2D eigenvalue weighted by Crippen LogP contribution is -2.24. The van der Waals surface area contributed by atoms with Crippen LogP contribution in [0.25, 0.3) is 23.0 Å². The van der Waals surface area contributed by atoms with Gasteiger partial charge < -0.3 is 4.52 Å². The molecule has 0 N–H and O–H groups in total. The Hall–Kier alpha value is -2.02. The van der Waals surface area contributed by atoms with Gasteiger partial charge in [0.2, 0.25) is 5.82 Å². The van der Waals surface area contributed by atoms with E-state index in [0.717, 1.165) is 59.3 Å². The first kappa shape index (κ1) is 19.3. The van der Waals surface area contributed by atoms with Crippen LogP contribution in [-0.2, 0) is 25.8 Å². The molecule has 3 aromatic heterocycles. The minimum atomic E-state index is 0.300. The molecule has 7 heteroatoms. The quantitative estimate of drug-likeness (QED) is 0.520. The van der Waals surface area contributed by atoms with Gasteiger partial charge in [-0.3, -0.25) is 4.68 Å². The molecule has 0 bridgehead atoms. The summed E-state index contributed by atoms with van der Waals surface area (Å²) in [6.45, 7) is 11.7. The summed E-state index contributed by atoms with van der Waals surface area (Å²) in [6, 6.07) is 2.09. The van der Waals surface area contributed by atoms with Gasteiger partial charge in [-0.25, -0.2) is 4.98 Å². The lowest BCUT2D eigenvalue weighted by atomic mass is 9.76. The van der Waals surface area contributed by atoms with Gasteiger partial charge in [0.1, 0.15) is 4.60 Å². The Bertz CT molecular complexity index is 1030. The Labute approximate surface area is 173 Å².